The van der Waals surface area contributed by atoms with Crippen LogP contribution in [0, 0.1) is 13.7 Å². The molecule has 1 heterocycles. The number of rotatable bonds is 5. The number of hydrogen-bond acceptors (Lipinski definition) is 4. The van der Waals surface area contributed by atoms with Crippen LogP contribution < -0.4 is 4.90 Å². The molecule has 1 aromatic carbocycles. The number of nitro benzene ring substituents is 1. The summed E-state index contributed by atoms with van der Waals surface area (Å²) in [5.41, 5.74) is 1.21. The number of halogens is 1. The molecule has 1 aliphatic rings. The Kier molecular flexibility index (Phi) is 4.98. The molecule has 1 N–H and O–H groups in total. The number of aliphatic hydroxyl groups excluding tert-OH is 1. The van der Waals surface area contributed by atoms with E-state index in [1.807, 2.05) is 6.07 Å². The van der Waals surface area contributed by atoms with Crippen LogP contribution in [0.1, 0.15) is 25.7 Å². The lowest BCUT2D eigenvalue weighted by Crippen LogP contribution is -2.30. The molecule has 2 rings (SSSR count). The first kappa shape index (κ1) is 14.5. The predicted molar refractivity (Wildman–Crippen MR) is 82.5 cm³/mol. The fourth-order valence-corrected chi connectivity index (χ4v) is 3.43. The summed E-state index contributed by atoms with van der Waals surface area (Å²) in [6.45, 7) is 1.21. The summed E-state index contributed by atoms with van der Waals surface area (Å²) in [5, 5.41) is 19.7. The lowest BCUT2D eigenvalue weighted by atomic mass is 10.1. The first-order chi connectivity index (χ1) is 9.13. The number of nitro groups is 1. The summed E-state index contributed by atoms with van der Waals surface area (Å²) in [6, 6.07) is 5.48. The van der Waals surface area contributed by atoms with E-state index in [2.05, 4.69) is 27.5 Å². The number of nitrogens with zero attached hydrogens (tertiary/aromatic N) is 2. The van der Waals surface area contributed by atoms with Crippen molar-refractivity contribution in [2.75, 3.05) is 18.1 Å². The molecule has 6 heteroatoms. The van der Waals surface area contributed by atoms with E-state index in [4.69, 9.17) is 5.11 Å². The van der Waals surface area contributed by atoms with E-state index in [9.17, 15) is 10.1 Å². The fourth-order valence-electron chi connectivity index (χ4n) is 2.62. The first-order valence-electron chi connectivity index (χ1n) is 6.45. The van der Waals surface area contributed by atoms with Crippen LogP contribution in [0.5, 0.6) is 0 Å². The highest BCUT2D eigenvalue weighted by Gasteiger charge is 2.26. The van der Waals surface area contributed by atoms with Crippen molar-refractivity contribution in [2.45, 2.75) is 31.7 Å². The van der Waals surface area contributed by atoms with Crippen LogP contribution in [0.15, 0.2) is 18.2 Å². The smallest absolute Gasteiger partial charge is 0.270 e. The van der Waals surface area contributed by atoms with Gasteiger partial charge in [0.1, 0.15) is 0 Å². The number of benzene rings is 1. The zero-order valence-electron chi connectivity index (χ0n) is 10.6. The van der Waals surface area contributed by atoms with Gasteiger partial charge >= 0.3 is 0 Å². The van der Waals surface area contributed by atoms with Crippen LogP contribution in [0.3, 0.4) is 0 Å². The third-order valence-corrected chi connectivity index (χ3v) is 4.39. The summed E-state index contributed by atoms with van der Waals surface area (Å²) in [7, 11) is 0. The first-order valence-corrected chi connectivity index (χ1v) is 7.53. The highest BCUT2D eigenvalue weighted by atomic mass is 127. The van der Waals surface area contributed by atoms with Crippen molar-refractivity contribution in [1.29, 1.82) is 0 Å². The van der Waals surface area contributed by atoms with Crippen LogP contribution in [0.2, 0.25) is 0 Å². The van der Waals surface area contributed by atoms with Gasteiger partial charge < -0.3 is 10.0 Å². The molecule has 1 aromatic rings. The molecule has 5 nitrogen and oxygen atoms in total. The van der Waals surface area contributed by atoms with Crippen LogP contribution in [0.25, 0.3) is 0 Å². The highest BCUT2D eigenvalue weighted by molar-refractivity contribution is 14.1. The van der Waals surface area contributed by atoms with Gasteiger partial charge in [-0.25, -0.2) is 0 Å². The Morgan fingerprint density at radius 1 is 1.53 bits per heavy atom. The molecular formula is C13H17IN2O3. The van der Waals surface area contributed by atoms with E-state index in [1.165, 1.54) is 0 Å². The second-order valence-electron chi connectivity index (χ2n) is 4.75. The molecule has 1 fully saturated rings. The summed E-state index contributed by atoms with van der Waals surface area (Å²) in [5.74, 6) is 0. The summed E-state index contributed by atoms with van der Waals surface area (Å²) < 4.78 is 0.919. The van der Waals surface area contributed by atoms with E-state index < -0.39 is 0 Å². The largest absolute Gasteiger partial charge is 0.396 e. The number of anilines is 1. The molecule has 0 aromatic heterocycles. The lowest BCUT2D eigenvalue weighted by Gasteiger charge is -2.27. The molecule has 0 bridgehead atoms. The molecule has 104 valence electrons. The van der Waals surface area contributed by atoms with Crippen LogP contribution in [-0.4, -0.2) is 29.2 Å². The third kappa shape index (κ3) is 3.36. The average Bonchev–Trinajstić information content (AvgIpc) is 2.84. The maximum absolute atomic E-state index is 10.8. The predicted octanol–water partition coefficient (Wildman–Crippen LogP) is 2.94. The van der Waals surface area contributed by atoms with Crippen molar-refractivity contribution in [3.63, 3.8) is 0 Å². The minimum Gasteiger partial charge on any atom is -0.396 e. The van der Waals surface area contributed by atoms with Crippen molar-refractivity contribution >= 4 is 34.0 Å². The molecule has 1 atom stereocenters. The SMILES string of the molecule is O=[N+]([O-])c1ccc(N2CCCC2CCCO)c(I)c1. The molecule has 0 spiro atoms. The normalized spacial score (nSPS) is 18.8. The Hall–Kier alpha value is -0.890. The Labute approximate surface area is 125 Å². The van der Waals surface area contributed by atoms with Gasteiger partial charge in [0.25, 0.3) is 5.69 Å². The highest BCUT2D eigenvalue weighted by Crippen LogP contribution is 2.33. The van der Waals surface area contributed by atoms with Gasteiger partial charge in [-0.1, -0.05) is 0 Å². The maximum Gasteiger partial charge on any atom is 0.270 e. The minimum absolute atomic E-state index is 0.138. The van der Waals surface area contributed by atoms with Crippen molar-refractivity contribution in [1.82, 2.24) is 0 Å². The van der Waals surface area contributed by atoms with E-state index >= 15 is 0 Å². The van der Waals surface area contributed by atoms with Gasteiger partial charge in [0, 0.05) is 34.9 Å². The van der Waals surface area contributed by atoms with Crippen LogP contribution in [-0.2, 0) is 0 Å². The van der Waals surface area contributed by atoms with Gasteiger partial charge in [0.2, 0.25) is 0 Å². The quantitative estimate of drug-likeness (QED) is 0.488. The molecule has 1 unspecified atom stereocenters. The lowest BCUT2D eigenvalue weighted by molar-refractivity contribution is -0.384. The molecule has 0 saturated carbocycles. The number of non-ortho nitro benzene ring substituents is 1. The van der Waals surface area contributed by atoms with Crippen molar-refractivity contribution in [3.05, 3.63) is 31.9 Å². The van der Waals surface area contributed by atoms with Crippen LogP contribution >= 0.6 is 22.6 Å². The molecular weight excluding hydrogens is 359 g/mol. The second kappa shape index (κ2) is 6.51. The standard InChI is InChI=1S/C13H17IN2O3/c14-12-9-11(16(18)19)5-6-13(12)15-7-1-3-10(15)4-2-8-17/h5-6,9-10,17H,1-4,7-8H2. The number of aliphatic hydroxyl groups is 1. The summed E-state index contributed by atoms with van der Waals surface area (Å²) >= 11 is 2.16. The Balaban J connectivity index is 2.18. The summed E-state index contributed by atoms with van der Waals surface area (Å²) in [6.07, 6.45) is 4.06. The topological polar surface area (TPSA) is 66.6 Å². The van der Waals surface area contributed by atoms with Gasteiger partial charge in [-0.2, -0.15) is 0 Å². The molecule has 0 radical (unpaired) electrons. The average molecular weight is 376 g/mol. The van der Waals surface area contributed by atoms with E-state index in [0.717, 1.165) is 41.5 Å². The monoisotopic (exact) mass is 376 g/mol. The van der Waals surface area contributed by atoms with Gasteiger partial charge in [-0.05, 0) is 54.3 Å². The molecule has 1 saturated heterocycles. The van der Waals surface area contributed by atoms with Crippen molar-refractivity contribution in [3.8, 4) is 0 Å². The van der Waals surface area contributed by atoms with Crippen LogP contribution in [0.4, 0.5) is 11.4 Å². The molecule has 0 amide bonds. The van der Waals surface area contributed by atoms with Gasteiger partial charge in [0.05, 0.1) is 10.6 Å². The molecule has 19 heavy (non-hydrogen) atoms. The van der Waals surface area contributed by atoms with Gasteiger partial charge in [-0.15, -0.1) is 0 Å². The number of hydrogen-bond donors (Lipinski definition) is 1. The van der Waals surface area contributed by atoms with E-state index in [-0.39, 0.29) is 17.2 Å². The zero-order valence-corrected chi connectivity index (χ0v) is 12.7. The van der Waals surface area contributed by atoms with Crippen molar-refractivity contribution < 1.29 is 10.0 Å². The van der Waals surface area contributed by atoms with E-state index in [1.54, 1.807) is 12.1 Å². The summed E-state index contributed by atoms with van der Waals surface area (Å²) in [4.78, 5) is 12.7. The third-order valence-electron chi connectivity index (χ3n) is 3.52. The maximum atomic E-state index is 10.8. The zero-order chi connectivity index (χ0) is 13.8. The Bertz CT molecular complexity index is 467. The van der Waals surface area contributed by atoms with Crippen molar-refractivity contribution in [2.24, 2.45) is 0 Å². The van der Waals surface area contributed by atoms with E-state index in [0.29, 0.717) is 6.04 Å². The van der Waals surface area contributed by atoms with Gasteiger partial charge in [0.15, 0.2) is 0 Å². The Morgan fingerprint density at radius 3 is 2.95 bits per heavy atom. The Morgan fingerprint density at radius 2 is 2.32 bits per heavy atom. The fraction of sp³-hybridized carbons (Fsp3) is 0.538. The minimum atomic E-state index is -0.362. The second-order valence-corrected chi connectivity index (χ2v) is 5.91. The molecule has 0 aliphatic carbocycles. The van der Waals surface area contributed by atoms with Gasteiger partial charge in [-0.3, -0.25) is 10.1 Å². The molecule has 1 aliphatic heterocycles.